The van der Waals surface area contributed by atoms with Gasteiger partial charge in [-0.15, -0.1) is 0 Å². The van der Waals surface area contributed by atoms with Crippen LogP contribution >= 0.6 is 15.9 Å². The van der Waals surface area contributed by atoms with Gasteiger partial charge in [0.1, 0.15) is 5.82 Å². The van der Waals surface area contributed by atoms with Crippen LogP contribution in [0.25, 0.3) is 0 Å². The SMILES string of the molecule is FCF.O=C(NC1=NC(c2cc(Br)ccc2F)CCO1)c1ccccc1. The highest BCUT2D eigenvalue weighted by atomic mass is 79.9. The van der Waals surface area contributed by atoms with Crippen LogP contribution < -0.4 is 5.32 Å². The number of carbonyl (C=O) groups excluding carboxylic acids is 1. The van der Waals surface area contributed by atoms with Gasteiger partial charge >= 0.3 is 0 Å². The third-order valence-corrected chi connectivity index (χ3v) is 3.97. The molecule has 26 heavy (non-hydrogen) atoms. The number of amides is 1. The Hall–Kier alpha value is -2.35. The zero-order chi connectivity index (χ0) is 18.9. The molecule has 1 amide bonds. The molecule has 0 radical (unpaired) electrons. The quantitative estimate of drug-likeness (QED) is 0.752. The minimum atomic E-state index is -1.75. The highest BCUT2D eigenvalue weighted by Crippen LogP contribution is 2.29. The number of amidine groups is 1. The third kappa shape index (κ3) is 5.59. The molecule has 1 N–H and O–H groups in total. The highest BCUT2D eigenvalue weighted by molar-refractivity contribution is 9.10. The van der Waals surface area contributed by atoms with Crippen molar-refractivity contribution >= 4 is 27.9 Å². The molecule has 0 aromatic heterocycles. The van der Waals surface area contributed by atoms with Gasteiger partial charge in [-0.2, -0.15) is 0 Å². The number of ether oxygens (including phenoxy) is 1. The molecule has 0 fully saturated rings. The molecular weight excluding hydrogens is 413 g/mol. The van der Waals surface area contributed by atoms with Crippen LogP contribution in [-0.2, 0) is 4.74 Å². The fourth-order valence-electron chi connectivity index (χ4n) is 2.33. The van der Waals surface area contributed by atoms with Crippen LogP contribution in [0.3, 0.4) is 0 Å². The van der Waals surface area contributed by atoms with Gasteiger partial charge in [0.25, 0.3) is 11.9 Å². The maximum absolute atomic E-state index is 14.0. The van der Waals surface area contributed by atoms with Crippen molar-refractivity contribution in [1.82, 2.24) is 5.32 Å². The van der Waals surface area contributed by atoms with Crippen molar-refractivity contribution < 1.29 is 22.7 Å². The number of aliphatic imine (C=N–C) groups is 1. The number of benzene rings is 2. The third-order valence-electron chi connectivity index (χ3n) is 3.48. The predicted molar refractivity (Wildman–Crippen MR) is 95.8 cm³/mol. The molecule has 0 aliphatic carbocycles. The van der Waals surface area contributed by atoms with Crippen molar-refractivity contribution in [1.29, 1.82) is 0 Å². The summed E-state index contributed by atoms with van der Waals surface area (Å²) in [6.45, 7) is -1.38. The fourth-order valence-corrected chi connectivity index (χ4v) is 2.71. The number of carbonyl (C=O) groups is 1. The molecule has 1 heterocycles. The van der Waals surface area contributed by atoms with Crippen LogP contribution in [0.5, 0.6) is 0 Å². The van der Waals surface area contributed by atoms with E-state index in [0.717, 1.165) is 4.47 Å². The maximum Gasteiger partial charge on any atom is 0.292 e. The summed E-state index contributed by atoms with van der Waals surface area (Å²) in [4.78, 5) is 16.4. The molecule has 1 aliphatic rings. The van der Waals surface area contributed by atoms with Crippen LogP contribution in [-0.4, -0.2) is 25.5 Å². The van der Waals surface area contributed by atoms with Crippen molar-refractivity contribution in [2.45, 2.75) is 12.5 Å². The molecule has 138 valence electrons. The Kier molecular flexibility index (Phi) is 7.65. The van der Waals surface area contributed by atoms with Crippen LogP contribution in [0, 0.1) is 5.82 Å². The Balaban J connectivity index is 0.000000758. The summed E-state index contributed by atoms with van der Waals surface area (Å²) in [6, 6.07) is 13.3. The Morgan fingerprint density at radius 2 is 1.92 bits per heavy atom. The van der Waals surface area contributed by atoms with Crippen LogP contribution in [0.4, 0.5) is 13.2 Å². The van der Waals surface area contributed by atoms with Crippen molar-refractivity contribution in [3.05, 3.63) is 69.9 Å². The predicted octanol–water partition coefficient (Wildman–Crippen LogP) is 4.72. The number of halogens is 4. The monoisotopic (exact) mass is 428 g/mol. The molecule has 0 spiro atoms. The molecule has 3 rings (SSSR count). The van der Waals surface area contributed by atoms with Crippen molar-refractivity contribution in [2.75, 3.05) is 13.5 Å². The first-order valence-corrected chi connectivity index (χ1v) is 8.48. The molecular formula is C18H16BrF3N2O2. The number of hydrogen-bond donors (Lipinski definition) is 1. The highest BCUT2D eigenvalue weighted by Gasteiger charge is 2.22. The fraction of sp³-hybridized carbons (Fsp3) is 0.222. The molecule has 8 heteroatoms. The molecule has 4 nitrogen and oxygen atoms in total. The summed E-state index contributed by atoms with van der Waals surface area (Å²) < 4.78 is 39.4. The second-order valence-electron chi connectivity index (χ2n) is 5.17. The smallest absolute Gasteiger partial charge is 0.292 e. The summed E-state index contributed by atoms with van der Waals surface area (Å²) in [5, 5.41) is 2.62. The Morgan fingerprint density at radius 1 is 1.23 bits per heavy atom. The average molecular weight is 429 g/mol. The number of alkyl halides is 2. The van der Waals surface area contributed by atoms with E-state index in [1.807, 2.05) is 6.07 Å². The van der Waals surface area contributed by atoms with Gasteiger partial charge in [-0.3, -0.25) is 10.1 Å². The number of nitrogens with one attached hydrogen (secondary N) is 1. The molecule has 2 aromatic carbocycles. The Bertz CT molecular complexity index is 772. The van der Waals surface area contributed by atoms with E-state index in [0.29, 0.717) is 24.2 Å². The Labute approximate surface area is 157 Å². The summed E-state index contributed by atoms with van der Waals surface area (Å²) in [6.07, 6.45) is 0.554. The van der Waals surface area contributed by atoms with E-state index in [4.69, 9.17) is 4.74 Å². The van der Waals surface area contributed by atoms with Gasteiger partial charge in [0, 0.05) is 22.0 Å². The van der Waals surface area contributed by atoms with Crippen molar-refractivity contribution in [2.24, 2.45) is 4.99 Å². The van der Waals surface area contributed by atoms with Gasteiger partial charge in [-0.05, 0) is 30.3 Å². The lowest BCUT2D eigenvalue weighted by molar-refractivity contribution is 0.0962. The van der Waals surface area contributed by atoms with Gasteiger partial charge in [0.05, 0.1) is 12.6 Å². The van der Waals surface area contributed by atoms with Gasteiger partial charge in [0.15, 0.2) is 0 Å². The van der Waals surface area contributed by atoms with Crippen LogP contribution in [0.15, 0.2) is 58.0 Å². The lowest BCUT2D eigenvalue weighted by Crippen LogP contribution is -2.35. The van der Waals surface area contributed by atoms with E-state index in [9.17, 15) is 18.0 Å². The van der Waals surface area contributed by atoms with E-state index < -0.39 is 6.93 Å². The summed E-state index contributed by atoms with van der Waals surface area (Å²) in [5.41, 5.74) is 0.990. The normalized spacial score (nSPS) is 15.8. The zero-order valence-electron chi connectivity index (χ0n) is 13.6. The molecule has 0 bridgehead atoms. The molecule has 1 aliphatic heterocycles. The summed E-state index contributed by atoms with van der Waals surface area (Å²) in [5.74, 6) is -0.627. The number of nitrogens with zero attached hydrogens (tertiary/aromatic N) is 1. The first-order valence-electron chi connectivity index (χ1n) is 7.69. The second kappa shape index (κ2) is 9.96. The largest absolute Gasteiger partial charge is 0.465 e. The van der Waals surface area contributed by atoms with Crippen molar-refractivity contribution in [3.8, 4) is 0 Å². The topological polar surface area (TPSA) is 50.7 Å². The average Bonchev–Trinajstić information content (AvgIpc) is 2.65. The van der Waals surface area contributed by atoms with Crippen LogP contribution in [0.1, 0.15) is 28.4 Å². The molecule has 1 atom stereocenters. The molecule has 2 aromatic rings. The maximum atomic E-state index is 14.0. The van der Waals surface area contributed by atoms with E-state index >= 15 is 0 Å². The lowest BCUT2D eigenvalue weighted by atomic mass is 10.0. The summed E-state index contributed by atoms with van der Waals surface area (Å²) >= 11 is 3.33. The van der Waals surface area contributed by atoms with E-state index in [2.05, 4.69) is 26.2 Å². The molecule has 1 unspecified atom stereocenters. The first-order chi connectivity index (χ1) is 12.5. The number of hydrogen-bond acceptors (Lipinski definition) is 3. The van der Waals surface area contributed by atoms with E-state index in [1.54, 1.807) is 36.4 Å². The van der Waals surface area contributed by atoms with E-state index in [1.165, 1.54) is 6.07 Å². The Morgan fingerprint density at radius 3 is 2.62 bits per heavy atom. The minimum absolute atomic E-state index is 0.120. The van der Waals surface area contributed by atoms with Gasteiger partial charge in [-0.1, -0.05) is 34.1 Å². The first kappa shape index (κ1) is 20.0. The van der Waals surface area contributed by atoms with Crippen molar-refractivity contribution in [3.63, 3.8) is 0 Å². The summed E-state index contributed by atoms with van der Waals surface area (Å²) in [7, 11) is 0. The second-order valence-corrected chi connectivity index (χ2v) is 6.09. The molecule has 0 saturated heterocycles. The number of rotatable bonds is 2. The van der Waals surface area contributed by atoms with Gasteiger partial charge < -0.3 is 4.74 Å². The van der Waals surface area contributed by atoms with Gasteiger partial charge in [-0.25, -0.2) is 18.2 Å². The van der Waals surface area contributed by atoms with E-state index in [-0.39, 0.29) is 23.8 Å². The minimum Gasteiger partial charge on any atom is -0.465 e. The van der Waals surface area contributed by atoms with Crippen LogP contribution in [0.2, 0.25) is 0 Å². The van der Waals surface area contributed by atoms with Gasteiger partial charge in [0.2, 0.25) is 6.93 Å². The standard InChI is InChI=1S/C17H14BrFN2O2.CH2F2/c18-12-6-7-14(19)13(10-12)15-8-9-23-17(20-15)21-16(22)11-4-2-1-3-5-11;2-1-3/h1-7,10,15H,8-9H2,(H,20,21,22);1H2. The zero-order valence-corrected chi connectivity index (χ0v) is 15.2. The molecule has 0 saturated carbocycles. The lowest BCUT2D eigenvalue weighted by Gasteiger charge is -2.22.